The van der Waals surface area contributed by atoms with Gasteiger partial charge in [-0.3, -0.25) is 4.79 Å². The first-order valence-corrected chi connectivity index (χ1v) is 8.62. The fourth-order valence-electron chi connectivity index (χ4n) is 2.57. The molecular weight excluding hydrogens is 359 g/mol. The average Bonchev–Trinajstić information content (AvgIpc) is 3.16. The summed E-state index contributed by atoms with van der Waals surface area (Å²) in [7, 11) is 0. The van der Waals surface area contributed by atoms with Crippen molar-refractivity contribution in [2.75, 3.05) is 11.9 Å². The maximum atomic E-state index is 13.9. The predicted octanol–water partition coefficient (Wildman–Crippen LogP) is 5.03. The molecule has 1 amide bonds. The molecule has 140 valence electrons. The van der Waals surface area contributed by atoms with Crippen molar-refractivity contribution in [3.05, 3.63) is 77.8 Å². The van der Waals surface area contributed by atoms with Crippen LogP contribution in [0.4, 0.5) is 10.1 Å². The van der Waals surface area contributed by atoms with E-state index in [9.17, 15) is 14.4 Å². The van der Waals surface area contributed by atoms with E-state index in [1.54, 1.807) is 54.6 Å². The zero-order valence-corrected chi connectivity index (χ0v) is 15.1. The van der Waals surface area contributed by atoms with E-state index in [4.69, 9.17) is 9.15 Å². The minimum atomic E-state index is -0.599. The van der Waals surface area contributed by atoms with Crippen molar-refractivity contribution in [1.29, 1.82) is 5.26 Å². The van der Waals surface area contributed by atoms with Crippen molar-refractivity contribution in [3.8, 4) is 23.1 Å². The standard InChI is InChI=1S/C22H17FN2O3/c1-2-27-21-10-6-5-9-19(21)25-22(26)15(14-24)13-16-11-12-20(28-16)17-7-3-4-8-18(17)23/h3-13H,2H2,1H3,(H,25,26)/b15-13+. The molecular formula is C22H17FN2O3. The van der Waals surface area contributed by atoms with Crippen LogP contribution >= 0.6 is 0 Å². The highest BCUT2D eigenvalue weighted by Gasteiger charge is 2.14. The SMILES string of the molecule is CCOc1ccccc1NC(=O)/C(C#N)=C/c1ccc(-c2ccccc2F)o1. The van der Waals surface area contributed by atoms with E-state index >= 15 is 0 Å². The predicted molar refractivity (Wildman–Crippen MR) is 104 cm³/mol. The zero-order chi connectivity index (χ0) is 19.9. The number of nitriles is 1. The minimum Gasteiger partial charge on any atom is -0.492 e. The van der Waals surface area contributed by atoms with Crippen molar-refractivity contribution in [3.63, 3.8) is 0 Å². The second kappa shape index (κ2) is 8.69. The Bertz CT molecular complexity index is 1060. The van der Waals surface area contributed by atoms with Gasteiger partial charge in [-0.2, -0.15) is 5.26 Å². The minimum absolute atomic E-state index is 0.152. The summed E-state index contributed by atoms with van der Waals surface area (Å²) in [5.74, 6) is 0.0684. The first-order valence-electron chi connectivity index (χ1n) is 8.62. The molecule has 0 fully saturated rings. The molecule has 3 aromatic rings. The molecule has 0 saturated carbocycles. The second-order valence-corrected chi connectivity index (χ2v) is 5.73. The van der Waals surface area contributed by atoms with Crippen LogP contribution in [0.1, 0.15) is 12.7 Å². The highest BCUT2D eigenvalue weighted by atomic mass is 19.1. The molecule has 3 rings (SSSR count). The number of benzene rings is 2. The number of rotatable bonds is 6. The number of amides is 1. The quantitative estimate of drug-likeness (QED) is 0.484. The summed E-state index contributed by atoms with van der Waals surface area (Å²) in [6, 6.07) is 18.2. The van der Waals surface area contributed by atoms with Crippen LogP contribution in [0.3, 0.4) is 0 Å². The summed E-state index contributed by atoms with van der Waals surface area (Å²) in [4.78, 5) is 12.5. The number of halogens is 1. The normalized spacial score (nSPS) is 11.0. The average molecular weight is 376 g/mol. The van der Waals surface area contributed by atoms with Gasteiger partial charge in [0.25, 0.3) is 5.91 Å². The highest BCUT2D eigenvalue weighted by molar-refractivity contribution is 6.10. The number of para-hydroxylation sites is 2. The number of nitrogens with one attached hydrogen (secondary N) is 1. The van der Waals surface area contributed by atoms with Gasteiger partial charge in [-0.25, -0.2) is 4.39 Å². The first-order chi connectivity index (χ1) is 13.6. The Morgan fingerprint density at radius 1 is 1.18 bits per heavy atom. The smallest absolute Gasteiger partial charge is 0.266 e. The third-order valence-corrected chi connectivity index (χ3v) is 3.85. The van der Waals surface area contributed by atoms with Crippen molar-refractivity contribution >= 4 is 17.7 Å². The van der Waals surface area contributed by atoms with Gasteiger partial charge in [0.2, 0.25) is 0 Å². The molecule has 2 aromatic carbocycles. The van der Waals surface area contributed by atoms with E-state index in [0.29, 0.717) is 29.4 Å². The Hall–Kier alpha value is -3.85. The van der Waals surface area contributed by atoms with Gasteiger partial charge >= 0.3 is 0 Å². The maximum absolute atomic E-state index is 13.9. The summed E-state index contributed by atoms with van der Waals surface area (Å²) >= 11 is 0. The van der Waals surface area contributed by atoms with E-state index in [1.165, 1.54) is 12.1 Å². The number of hydrogen-bond acceptors (Lipinski definition) is 4. The van der Waals surface area contributed by atoms with Gasteiger partial charge in [-0.05, 0) is 43.3 Å². The highest BCUT2D eigenvalue weighted by Crippen LogP contribution is 2.27. The molecule has 1 heterocycles. The molecule has 0 atom stereocenters. The lowest BCUT2D eigenvalue weighted by Gasteiger charge is -2.10. The van der Waals surface area contributed by atoms with E-state index in [2.05, 4.69) is 5.32 Å². The van der Waals surface area contributed by atoms with Crippen LogP contribution in [0.2, 0.25) is 0 Å². The van der Waals surface area contributed by atoms with Crippen molar-refractivity contribution in [2.24, 2.45) is 0 Å². The van der Waals surface area contributed by atoms with Gasteiger partial charge < -0.3 is 14.5 Å². The Balaban J connectivity index is 1.82. The summed E-state index contributed by atoms with van der Waals surface area (Å²) in [6.07, 6.45) is 1.31. The molecule has 0 aliphatic carbocycles. The van der Waals surface area contributed by atoms with Crippen LogP contribution in [-0.2, 0) is 4.79 Å². The Labute approximate surface area is 161 Å². The van der Waals surface area contributed by atoms with Gasteiger partial charge in [0, 0.05) is 6.08 Å². The van der Waals surface area contributed by atoms with Crippen molar-refractivity contribution in [2.45, 2.75) is 6.92 Å². The number of ether oxygens (including phenoxy) is 1. The topological polar surface area (TPSA) is 75.3 Å². The molecule has 0 bridgehead atoms. The fraction of sp³-hybridized carbons (Fsp3) is 0.0909. The third-order valence-electron chi connectivity index (χ3n) is 3.85. The van der Waals surface area contributed by atoms with Crippen LogP contribution in [0, 0.1) is 17.1 Å². The maximum Gasteiger partial charge on any atom is 0.266 e. The van der Waals surface area contributed by atoms with Crippen LogP contribution in [0.5, 0.6) is 5.75 Å². The lowest BCUT2D eigenvalue weighted by Crippen LogP contribution is -2.14. The molecule has 5 nitrogen and oxygen atoms in total. The number of carbonyl (C=O) groups excluding carboxylic acids is 1. The second-order valence-electron chi connectivity index (χ2n) is 5.73. The lowest BCUT2D eigenvalue weighted by molar-refractivity contribution is -0.112. The third kappa shape index (κ3) is 4.27. The summed E-state index contributed by atoms with van der Waals surface area (Å²) in [6.45, 7) is 2.28. The molecule has 0 unspecified atom stereocenters. The van der Waals surface area contributed by atoms with Gasteiger partial charge in [0.1, 0.15) is 34.7 Å². The number of anilines is 1. The molecule has 0 radical (unpaired) electrons. The Morgan fingerprint density at radius 3 is 2.68 bits per heavy atom. The van der Waals surface area contributed by atoms with Crippen LogP contribution < -0.4 is 10.1 Å². The molecule has 0 aliphatic heterocycles. The lowest BCUT2D eigenvalue weighted by atomic mass is 10.1. The molecule has 0 aliphatic rings. The van der Waals surface area contributed by atoms with Gasteiger partial charge in [0.05, 0.1) is 17.9 Å². The molecule has 28 heavy (non-hydrogen) atoms. The molecule has 0 saturated heterocycles. The summed E-state index contributed by atoms with van der Waals surface area (Å²) in [5.41, 5.74) is 0.610. The molecule has 1 N–H and O–H groups in total. The summed E-state index contributed by atoms with van der Waals surface area (Å²) < 4.78 is 24.9. The van der Waals surface area contributed by atoms with Crippen molar-refractivity contribution < 1.29 is 18.3 Å². The largest absolute Gasteiger partial charge is 0.492 e. The molecule has 6 heteroatoms. The van der Waals surface area contributed by atoms with E-state index in [-0.39, 0.29) is 11.3 Å². The van der Waals surface area contributed by atoms with E-state index in [1.807, 2.05) is 13.0 Å². The zero-order valence-electron chi connectivity index (χ0n) is 15.1. The van der Waals surface area contributed by atoms with E-state index in [0.717, 1.165) is 0 Å². The number of furan rings is 1. The van der Waals surface area contributed by atoms with Crippen LogP contribution in [0.25, 0.3) is 17.4 Å². The van der Waals surface area contributed by atoms with E-state index < -0.39 is 11.7 Å². The number of carbonyl (C=O) groups is 1. The van der Waals surface area contributed by atoms with Gasteiger partial charge in [0.15, 0.2) is 0 Å². The van der Waals surface area contributed by atoms with Gasteiger partial charge in [-0.15, -0.1) is 0 Å². The molecule has 1 aromatic heterocycles. The Morgan fingerprint density at radius 2 is 1.93 bits per heavy atom. The van der Waals surface area contributed by atoms with Crippen LogP contribution in [-0.4, -0.2) is 12.5 Å². The number of hydrogen-bond donors (Lipinski definition) is 1. The van der Waals surface area contributed by atoms with Crippen molar-refractivity contribution in [1.82, 2.24) is 0 Å². The Kier molecular flexibility index (Phi) is 5.87. The molecule has 0 spiro atoms. The monoisotopic (exact) mass is 376 g/mol. The number of nitrogens with zero attached hydrogens (tertiary/aromatic N) is 1. The summed E-state index contributed by atoms with van der Waals surface area (Å²) in [5, 5.41) is 12.0. The fourth-order valence-corrected chi connectivity index (χ4v) is 2.57. The van der Waals surface area contributed by atoms with Gasteiger partial charge in [-0.1, -0.05) is 24.3 Å². The first kappa shape index (κ1) is 18.9. The van der Waals surface area contributed by atoms with Crippen LogP contribution in [0.15, 0.2) is 70.7 Å².